The number of ether oxygens (including phenoxy) is 1. The predicted octanol–water partition coefficient (Wildman–Crippen LogP) is 2.13. The molecule has 0 saturated heterocycles. The molecule has 112 valence electrons. The van der Waals surface area contributed by atoms with Gasteiger partial charge in [0.1, 0.15) is 10.6 Å². The van der Waals surface area contributed by atoms with E-state index in [1.807, 2.05) is 0 Å². The minimum atomic E-state index is -3.60. The van der Waals surface area contributed by atoms with E-state index < -0.39 is 10.0 Å². The van der Waals surface area contributed by atoms with Crippen LogP contribution in [-0.4, -0.2) is 21.6 Å². The fourth-order valence-electron chi connectivity index (χ4n) is 2.70. The highest BCUT2D eigenvalue weighted by molar-refractivity contribution is 7.89. The molecule has 2 rings (SSSR count). The van der Waals surface area contributed by atoms with Crippen LogP contribution in [0.3, 0.4) is 0 Å². The summed E-state index contributed by atoms with van der Waals surface area (Å²) in [6, 6.07) is 4.53. The minimum Gasteiger partial charge on any atom is -0.495 e. The van der Waals surface area contributed by atoms with Crippen molar-refractivity contribution >= 4 is 15.7 Å². The average Bonchev–Trinajstić information content (AvgIpc) is 2.67. The summed E-state index contributed by atoms with van der Waals surface area (Å²) in [5.41, 5.74) is 6.11. The van der Waals surface area contributed by atoms with Crippen LogP contribution in [-0.2, 0) is 10.0 Å². The molecule has 0 spiro atoms. The third-order valence-corrected chi connectivity index (χ3v) is 5.54. The SMILES string of the molecule is COc1cc(N)ccc1S(=O)(=O)NC1CCCC1(C)C. The first kappa shape index (κ1) is 15.1. The summed E-state index contributed by atoms with van der Waals surface area (Å²) in [4.78, 5) is 0.136. The normalized spacial score (nSPS) is 21.9. The number of nitrogen functional groups attached to an aromatic ring is 1. The van der Waals surface area contributed by atoms with Crippen molar-refractivity contribution in [3.05, 3.63) is 18.2 Å². The Bertz CT molecular complexity index is 596. The molecule has 0 bridgehead atoms. The average molecular weight is 298 g/mol. The molecule has 1 aromatic carbocycles. The molecule has 0 aliphatic heterocycles. The Kier molecular flexibility index (Phi) is 3.97. The first-order valence-corrected chi connectivity index (χ1v) is 8.20. The number of nitrogens with two attached hydrogens (primary N) is 1. The van der Waals surface area contributed by atoms with Gasteiger partial charge in [-0.2, -0.15) is 0 Å². The van der Waals surface area contributed by atoms with Crippen LogP contribution in [0.1, 0.15) is 33.1 Å². The molecule has 1 aliphatic carbocycles. The van der Waals surface area contributed by atoms with Crippen LogP contribution in [0, 0.1) is 5.41 Å². The van der Waals surface area contributed by atoms with E-state index in [1.54, 1.807) is 6.07 Å². The molecule has 1 fully saturated rings. The fourth-order valence-corrected chi connectivity index (χ4v) is 4.29. The van der Waals surface area contributed by atoms with Crippen LogP contribution in [0.2, 0.25) is 0 Å². The van der Waals surface area contributed by atoms with Gasteiger partial charge in [-0.25, -0.2) is 13.1 Å². The molecular weight excluding hydrogens is 276 g/mol. The smallest absolute Gasteiger partial charge is 0.244 e. The zero-order valence-electron chi connectivity index (χ0n) is 12.1. The summed E-state index contributed by atoms with van der Waals surface area (Å²) in [5.74, 6) is 0.272. The summed E-state index contributed by atoms with van der Waals surface area (Å²) >= 11 is 0. The van der Waals surface area contributed by atoms with E-state index in [1.165, 1.54) is 19.2 Å². The van der Waals surface area contributed by atoms with Crippen molar-refractivity contribution in [3.63, 3.8) is 0 Å². The molecule has 0 amide bonds. The highest BCUT2D eigenvalue weighted by Crippen LogP contribution is 2.38. The quantitative estimate of drug-likeness (QED) is 0.834. The largest absolute Gasteiger partial charge is 0.495 e. The van der Waals surface area contributed by atoms with Gasteiger partial charge in [0, 0.05) is 17.8 Å². The Morgan fingerprint density at radius 3 is 2.65 bits per heavy atom. The Hall–Kier alpha value is -1.27. The lowest BCUT2D eigenvalue weighted by Gasteiger charge is -2.27. The molecule has 0 radical (unpaired) electrons. The second-order valence-electron chi connectivity index (χ2n) is 5.96. The van der Waals surface area contributed by atoms with Crippen molar-refractivity contribution in [1.82, 2.24) is 4.72 Å². The van der Waals surface area contributed by atoms with E-state index in [2.05, 4.69) is 18.6 Å². The maximum Gasteiger partial charge on any atom is 0.244 e. The predicted molar refractivity (Wildman–Crippen MR) is 79.1 cm³/mol. The summed E-state index contributed by atoms with van der Waals surface area (Å²) in [6.07, 6.45) is 2.93. The summed E-state index contributed by atoms with van der Waals surface area (Å²) in [7, 11) is -2.17. The molecule has 1 unspecified atom stereocenters. The topological polar surface area (TPSA) is 81.4 Å². The molecule has 3 N–H and O–H groups in total. The highest BCUT2D eigenvalue weighted by atomic mass is 32.2. The van der Waals surface area contributed by atoms with Crippen LogP contribution in [0.5, 0.6) is 5.75 Å². The number of sulfonamides is 1. The summed E-state index contributed by atoms with van der Waals surface area (Å²) in [5, 5.41) is 0. The first-order chi connectivity index (χ1) is 9.26. The maximum atomic E-state index is 12.5. The molecule has 6 heteroatoms. The molecule has 1 aliphatic rings. The monoisotopic (exact) mass is 298 g/mol. The number of anilines is 1. The van der Waals surface area contributed by atoms with E-state index in [0.717, 1.165) is 19.3 Å². The lowest BCUT2D eigenvalue weighted by Crippen LogP contribution is -2.41. The van der Waals surface area contributed by atoms with E-state index in [4.69, 9.17) is 10.5 Å². The van der Waals surface area contributed by atoms with Crippen molar-refractivity contribution in [2.45, 2.75) is 44.0 Å². The molecule has 1 saturated carbocycles. The number of hydrogen-bond acceptors (Lipinski definition) is 4. The van der Waals surface area contributed by atoms with Crippen LogP contribution in [0.15, 0.2) is 23.1 Å². The lowest BCUT2D eigenvalue weighted by atomic mass is 9.88. The first-order valence-electron chi connectivity index (χ1n) is 6.72. The van der Waals surface area contributed by atoms with E-state index in [-0.39, 0.29) is 22.1 Å². The van der Waals surface area contributed by atoms with Gasteiger partial charge >= 0.3 is 0 Å². The Labute approximate surface area is 120 Å². The Morgan fingerprint density at radius 2 is 2.10 bits per heavy atom. The highest BCUT2D eigenvalue weighted by Gasteiger charge is 2.37. The van der Waals surface area contributed by atoms with Gasteiger partial charge < -0.3 is 10.5 Å². The van der Waals surface area contributed by atoms with Crippen molar-refractivity contribution in [2.24, 2.45) is 5.41 Å². The maximum absolute atomic E-state index is 12.5. The van der Waals surface area contributed by atoms with Crippen LogP contribution >= 0.6 is 0 Å². The zero-order valence-corrected chi connectivity index (χ0v) is 13.0. The van der Waals surface area contributed by atoms with E-state index in [0.29, 0.717) is 5.69 Å². The Balaban J connectivity index is 2.31. The van der Waals surface area contributed by atoms with Crippen molar-refractivity contribution in [1.29, 1.82) is 0 Å². The molecule has 5 nitrogen and oxygen atoms in total. The molecule has 1 aromatic rings. The third-order valence-electron chi connectivity index (χ3n) is 4.03. The second-order valence-corrected chi connectivity index (χ2v) is 7.65. The second kappa shape index (κ2) is 5.26. The van der Waals surface area contributed by atoms with Crippen molar-refractivity contribution < 1.29 is 13.2 Å². The van der Waals surface area contributed by atoms with Crippen LogP contribution in [0.25, 0.3) is 0 Å². The van der Waals surface area contributed by atoms with Gasteiger partial charge in [-0.1, -0.05) is 20.3 Å². The minimum absolute atomic E-state index is 0.0197. The van der Waals surface area contributed by atoms with Crippen molar-refractivity contribution in [2.75, 3.05) is 12.8 Å². The Morgan fingerprint density at radius 1 is 1.40 bits per heavy atom. The molecule has 20 heavy (non-hydrogen) atoms. The summed E-state index contributed by atoms with van der Waals surface area (Å²) < 4.78 is 33.0. The van der Waals surface area contributed by atoms with Gasteiger partial charge in [-0.3, -0.25) is 0 Å². The molecule has 0 aromatic heterocycles. The number of nitrogens with one attached hydrogen (secondary N) is 1. The fraction of sp³-hybridized carbons (Fsp3) is 0.571. The van der Waals surface area contributed by atoms with Gasteiger partial charge in [0.05, 0.1) is 7.11 Å². The number of hydrogen-bond donors (Lipinski definition) is 2. The van der Waals surface area contributed by atoms with E-state index in [9.17, 15) is 8.42 Å². The summed E-state index contributed by atoms with van der Waals surface area (Å²) in [6.45, 7) is 4.18. The number of benzene rings is 1. The van der Waals surface area contributed by atoms with Crippen LogP contribution < -0.4 is 15.2 Å². The molecule has 0 heterocycles. The van der Waals surface area contributed by atoms with Gasteiger partial charge in [0.15, 0.2) is 0 Å². The zero-order chi connectivity index (χ0) is 15.0. The van der Waals surface area contributed by atoms with Crippen LogP contribution in [0.4, 0.5) is 5.69 Å². The lowest BCUT2D eigenvalue weighted by molar-refractivity contribution is 0.312. The third kappa shape index (κ3) is 2.91. The van der Waals surface area contributed by atoms with E-state index >= 15 is 0 Å². The standard InChI is InChI=1S/C14H22N2O3S/c1-14(2)8-4-5-13(14)16-20(17,18)12-7-6-10(15)9-11(12)19-3/h6-7,9,13,16H,4-5,8,15H2,1-3H3. The van der Waals surface area contributed by atoms with Gasteiger partial charge in [0.25, 0.3) is 0 Å². The van der Waals surface area contributed by atoms with Gasteiger partial charge in [0.2, 0.25) is 10.0 Å². The molecule has 1 atom stereocenters. The van der Waals surface area contributed by atoms with Gasteiger partial charge in [-0.15, -0.1) is 0 Å². The van der Waals surface area contributed by atoms with Crippen molar-refractivity contribution in [3.8, 4) is 5.75 Å². The number of rotatable bonds is 4. The van der Waals surface area contributed by atoms with Gasteiger partial charge in [-0.05, 0) is 30.4 Å². The molecular formula is C14H22N2O3S. The number of methoxy groups -OCH3 is 1.